The van der Waals surface area contributed by atoms with Crippen molar-refractivity contribution >= 4 is 46.3 Å². The number of carbonyl (C=O) groups is 1. The Morgan fingerprint density at radius 2 is 1.96 bits per heavy atom. The fourth-order valence-electron chi connectivity index (χ4n) is 2.18. The summed E-state index contributed by atoms with van der Waals surface area (Å²) >= 11 is 11.8. The van der Waals surface area contributed by atoms with Gasteiger partial charge in [0, 0.05) is 24.3 Å². The van der Waals surface area contributed by atoms with Crippen LogP contribution in [0.5, 0.6) is 0 Å². The van der Waals surface area contributed by atoms with E-state index in [1.165, 1.54) is 12.3 Å². The van der Waals surface area contributed by atoms with Crippen LogP contribution in [0.1, 0.15) is 16.2 Å². The minimum Gasteiger partial charge on any atom is -0.382 e. The van der Waals surface area contributed by atoms with Crippen molar-refractivity contribution in [3.8, 4) is 0 Å². The largest absolute Gasteiger partial charge is 0.382 e. The highest BCUT2D eigenvalue weighted by Gasteiger charge is 2.13. The zero-order valence-corrected chi connectivity index (χ0v) is 14.9. The molecule has 0 aliphatic rings. The highest BCUT2D eigenvalue weighted by atomic mass is 35.5. The molecule has 3 rings (SSSR count). The minimum atomic E-state index is -0.437. The molecule has 3 aromatic rings. The number of aromatic nitrogens is 3. The molecule has 0 atom stereocenters. The molecule has 9 heteroatoms. The van der Waals surface area contributed by atoms with Gasteiger partial charge in [-0.2, -0.15) is 0 Å². The van der Waals surface area contributed by atoms with E-state index in [9.17, 15) is 4.79 Å². The molecule has 0 saturated carbocycles. The zero-order chi connectivity index (χ0) is 18.5. The van der Waals surface area contributed by atoms with Crippen LogP contribution in [0.15, 0.2) is 48.9 Å². The maximum absolute atomic E-state index is 12.3. The molecular weight excluding hydrogens is 375 g/mol. The van der Waals surface area contributed by atoms with E-state index >= 15 is 0 Å². The molecule has 7 nitrogen and oxygen atoms in total. The number of nitrogens with zero attached hydrogens (tertiary/aromatic N) is 3. The third-order valence-electron chi connectivity index (χ3n) is 3.40. The van der Waals surface area contributed by atoms with Crippen LogP contribution in [0.2, 0.25) is 10.0 Å². The van der Waals surface area contributed by atoms with E-state index in [0.717, 1.165) is 0 Å². The average Bonchev–Trinajstić information content (AvgIpc) is 2.61. The Bertz CT molecular complexity index is 950. The first-order valence-corrected chi connectivity index (χ1v) is 8.30. The van der Waals surface area contributed by atoms with Gasteiger partial charge in [-0.1, -0.05) is 23.2 Å². The molecule has 0 spiro atoms. The number of nitrogen functional groups attached to an aromatic ring is 1. The van der Waals surface area contributed by atoms with Gasteiger partial charge in [0.2, 0.25) is 0 Å². The van der Waals surface area contributed by atoms with Crippen molar-refractivity contribution < 1.29 is 4.79 Å². The predicted molar refractivity (Wildman–Crippen MR) is 102 cm³/mol. The molecule has 0 unspecified atom stereocenters. The fraction of sp³-hybridized carbons (Fsp3) is 0.0588. The Balaban J connectivity index is 1.69. The lowest BCUT2D eigenvalue weighted by Gasteiger charge is -2.10. The van der Waals surface area contributed by atoms with Gasteiger partial charge in [-0.3, -0.25) is 9.78 Å². The van der Waals surface area contributed by atoms with Gasteiger partial charge in [-0.05, 0) is 30.3 Å². The molecule has 4 N–H and O–H groups in total. The number of anilines is 3. The van der Waals surface area contributed by atoms with Gasteiger partial charge in [0.25, 0.3) is 5.91 Å². The zero-order valence-electron chi connectivity index (χ0n) is 13.4. The maximum atomic E-state index is 12.3. The molecule has 3 aromatic heterocycles. The fourth-order valence-corrected chi connectivity index (χ4v) is 2.64. The van der Waals surface area contributed by atoms with Crippen LogP contribution in [0.3, 0.4) is 0 Å². The van der Waals surface area contributed by atoms with Gasteiger partial charge in [0.15, 0.2) is 0 Å². The van der Waals surface area contributed by atoms with E-state index in [1.807, 2.05) is 6.07 Å². The summed E-state index contributed by atoms with van der Waals surface area (Å²) in [5.41, 5.74) is 7.87. The van der Waals surface area contributed by atoms with Crippen LogP contribution < -0.4 is 16.4 Å². The van der Waals surface area contributed by atoms with Gasteiger partial charge in [-0.15, -0.1) is 0 Å². The number of halogens is 2. The number of nitrogens with one attached hydrogen (secondary N) is 2. The van der Waals surface area contributed by atoms with Gasteiger partial charge >= 0.3 is 0 Å². The minimum absolute atomic E-state index is 0.0932. The summed E-state index contributed by atoms with van der Waals surface area (Å²) in [6.07, 6.45) is 4.57. The van der Waals surface area contributed by atoms with Gasteiger partial charge in [0.1, 0.15) is 11.5 Å². The van der Waals surface area contributed by atoms with Crippen LogP contribution >= 0.6 is 23.2 Å². The summed E-state index contributed by atoms with van der Waals surface area (Å²) < 4.78 is 0. The molecule has 0 aliphatic carbocycles. The molecular formula is C17H14Cl2N6O. The lowest BCUT2D eigenvalue weighted by molar-refractivity contribution is 0.102. The lowest BCUT2D eigenvalue weighted by Crippen LogP contribution is -2.15. The highest BCUT2D eigenvalue weighted by molar-refractivity contribution is 6.36. The van der Waals surface area contributed by atoms with Crippen LogP contribution in [0.4, 0.5) is 17.2 Å². The first-order valence-electron chi connectivity index (χ1n) is 7.54. The van der Waals surface area contributed by atoms with Gasteiger partial charge in [0.05, 0.1) is 28.0 Å². The van der Waals surface area contributed by atoms with Crippen LogP contribution in [-0.4, -0.2) is 20.9 Å². The van der Waals surface area contributed by atoms with E-state index in [0.29, 0.717) is 34.5 Å². The Kier molecular flexibility index (Phi) is 5.50. The van der Waals surface area contributed by atoms with Gasteiger partial charge in [-0.25, -0.2) is 9.97 Å². The summed E-state index contributed by atoms with van der Waals surface area (Å²) in [5.74, 6) is -0.0336. The molecule has 0 bridgehead atoms. The standard InChI is InChI=1S/C17H14Cl2N6O/c18-10-6-13(19)15(24-8-10)17(26)25-11-3-5-21-12(7-11)9-23-14-2-1-4-22-16(14)20/h1-8,23H,9H2,(H2,20,22)(H,21,25,26). The lowest BCUT2D eigenvalue weighted by atomic mass is 10.2. The molecule has 0 fully saturated rings. The molecule has 132 valence electrons. The molecule has 0 aliphatic heterocycles. The topological polar surface area (TPSA) is 106 Å². The Hall–Kier alpha value is -2.90. The molecule has 0 saturated heterocycles. The van der Waals surface area contributed by atoms with Crippen LogP contribution in [0, 0.1) is 0 Å². The second kappa shape index (κ2) is 7.99. The Morgan fingerprint density at radius 1 is 1.12 bits per heavy atom. The highest BCUT2D eigenvalue weighted by Crippen LogP contribution is 2.20. The van der Waals surface area contributed by atoms with Crippen LogP contribution in [-0.2, 0) is 6.54 Å². The first-order chi connectivity index (χ1) is 12.5. The van der Waals surface area contributed by atoms with Crippen molar-refractivity contribution in [3.05, 3.63) is 70.4 Å². The average molecular weight is 389 g/mol. The van der Waals surface area contributed by atoms with Crippen molar-refractivity contribution in [3.63, 3.8) is 0 Å². The van der Waals surface area contributed by atoms with Crippen LogP contribution in [0.25, 0.3) is 0 Å². The SMILES string of the molecule is Nc1ncccc1NCc1cc(NC(=O)c2ncc(Cl)cc2Cl)ccn1. The van der Waals surface area contributed by atoms with E-state index in [4.69, 9.17) is 28.9 Å². The predicted octanol–water partition coefficient (Wildman–Crippen LogP) is 3.63. The molecule has 3 heterocycles. The third-order valence-corrected chi connectivity index (χ3v) is 3.89. The summed E-state index contributed by atoms with van der Waals surface area (Å²) in [5, 5.41) is 6.42. The number of hydrogen-bond donors (Lipinski definition) is 3. The summed E-state index contributed by atoms with van der Waals surface area (Å²) in [4.78, 5) is 24.5. The summed E-state index contributed by atoms with van der Waals surface area (Å²) in [7, 11) is 0. The van der Waals surface area contributed by atoms with Crippen molar-refractivity contribution in [2.45, 2.75) is 6.54 Å². The normalized spacial score (nSPS) is 10.4. The first kappa shape index (κ1) is 17.9. The number of amides is 1. The smallest absolute Gasteiger partial charge is 0.275 e. The number of carbonyl (C=O) groups excluding carboxylic acids is 1. The quantitative estimate of drug-likeness (QED) is 0.616. The molecule has 26 heavy (non-hydrogen) atoms. The second-order valence-corrected chi connectivity index (χ2v) is 6.11. The Labute approximate surface area is 159 Å². The third kappa shape index (κ3) is 4.38. The van der Waals surface area contributed by atoms with Gasteiger partial charge < -0.3 is 16.4 Å². The number of pyridine rings is 3. The van der Waals surface area contributed by atoms with E-state index in [1.54, 1.807) is 30.6 Å². The van der Waals surface area contributed by atoms with Crippen molar-refractivity contribution in [1.29, 1.82) is 0 Å². The monoisotopic (exact) mass is 388 g/mol. The summed E-state index contributed by atoms with van der Waals surface area (Å²) in [6.45, 7) is 0.416. The number of hydrogen-bond acceptors (Lipinski definition) is 6. The second-order valence-electron chi connectivity index (χ2n) is 5.26. The Morgan fingerprint density at radius 3 is 2.73 bits per heavy atom. The molecule has 0 aromatic carbocycles. The summed E-state index contributed by atoms with van der Waals surface area (Å²) in [6, 6.07) is 8.48. The molecule has 1 amide bonds. The van der Waals surface area contributed by atoms with Crippen molar-refractivity contribution in [1.82, 2.24) is 15.0 Å². The van der Waals surface area contributed by atoms with E-state index in [2.05, 4.69) is 25.6 Å². The van der Waals surface area contributed by atoms with E-state index in [-0.39, 0.29) is 10.7 Å². The molecule has 0 radical (unpaired) electrons. The van der Waals surface area contributed by atoms with E-state index < -0.39 is 5.91 Å². The number of rotatable bonds is 5. The van der Waals surface area contributed by atoms with Crippen molar-refractivity contribution in [2.75, 3.05) is 16.4 Å². The van der Waals surface area contributed by atoms with Crippen molar-refractivity contribution in [2.24, 2.45) is 0 Å². The maximum Gasteiger partial charge on any atom is 0.275 e. The number of nitrogens with two attached hydrogens (primary N) is 1.